The maximum Gasteiger partial charge on any atom is 0.407 e. The summed E-state index contributed by atoms with van der Waals surface area (Å²) in [5, 5.41) is 14.3. The number of hydrogen-bond donors (Lipinski definition) is 2. The van der Waals surface area contributed by atoms with Crippen molar-refractivity contribution in [1.29, 1.82) is 0 Å². The van der Waals surface area contributed by atoms with E-state index in [1.807, 2.05) is 44.2 Å². The van der Waals surface area contributed by atoms with Crippen molar-refractivity contribution in [3.8, 4) is 5.75 Å². The van der Waals surface area contributed by atoms with Crippen LogP contribution in [0.5, 0.6) is 5.75 Å². The molecule has 2 aromatic rings. The van der Waals surface area contributed by atoms with Crippen molar-refractivity contribution < 1.29 is 42.0 Å². The molecule has 3 aliphatic heterocycles. The van der Waals surface area contributed by atoms with Crippen LogP contribution in [0.15, 0.2) is 59.5 Å². The third kappa shape index (κ3) is 7.13. The molecule has 5 rings (SSSR count). The number of methoxy groups -OCH3 is 1. The number of aliphatic hydroxyl groups is 1. The number of aliphatic hydroxyl groups excluding tert-OH is 1. The molecule has 0 radical (unpaired) electrons. The quantitative estimate of drug-likeness (QED) is 0.250. The molecule has 11 nitrogen and oxygen atoms in total. The molecule has 13 heteroatoms. The highest BCUT2D eigenvalue weighted by atomic mass is 127. The zero-order valence-corrected chi connectivity index (χ0v) is 27.4. The second-order valence-electron chi connectivity index (χ2n) is 11.6. The van der Waals surface area contributed by atoms with Crippen LogP contribution in [0.4, 0.5) is 4.79 Å². The molecule has 3 saturated heterocycles. The fraction of sp³-hybridized carbons (Fsp3) is 0.567. The van der Waals surface area contributed by atoms with Crippen molar-refractivity contribution in [3.63, 3.8) is 0 Å². The smallest absolute Gasteiger partial charge is 0.407 e. The average molecular weight is 731 g/mol. The first-order chi connectivity index (χ1) is 20.5. The van der Waals surface area contributed by atoms with E-state index in [4.69, 9.17) is 23.7 Å². The molecule has 1 amide bonds. The van der Waals surface area contributed by atoms with E-state index in [1.54, 1.807) is 12.1 Å². The molecule has 3 aliphatic rings. The van der Waals surface area contributed by atoms with E-state index in [0.717, 1.165) is 12.0 Å². The molecule has 7 atom stereocenters. The van der Waals surface area contributed by atoms with Gasteiger partial charge in [-0.3, -0.25) is 0 Å². The number of carbonyl (C=O) groups excluding carboxylic acids is 1. The first kappa shape index (κ1) is 32.4. The minimum Gasteiger partial charge on any atom is -0.497 e. The Morgan fingerprint density at radius 3 is 2.53 bits per heavy atom. The molecule has 0 unspecified atom stereocenters. The Bertz CT molecular complexity index is 1350. The van der Waals surface area contributed by atoms with Crippen molar-refractivity contribution >= 4 is 38.7 Å². The monoisotopic (exact) mass is 730 g/mol. The molecule has 3 fully saturated rings. The number of hydrogen-bond acceptors (Lipinski definition) is 9. The Morgan fingerprint density at radius 2 is 1.86 bits per heavy atom. The highest BCUT2D eigenvalue weighted by Gasteiger charge is 2.65. The number of ether oxygens (including phenoxy) is 5. The molecule has 0 aromatic heterocycles. The lowest BCUT2D eigenvalue weighted by atomic mass is 9.89. The molecule has 236 valence electrons. The van der Waals surface area contributed by atoms with Crippen LogP contribution in [0.1, 0.15) is 25.8 Å². The van der Waals surface area contributed by atoms with E-state index in [9.17, 15) is 18.3 Å². The molecule has 0 bridgehead atoms. The molecule has 2 N–H and O–H groups in total. The lowest BCUT2D eigenvalue weighted by Gasteiger charge is -2.31. The highest BCUT2D eigenvalue weighted by molar-refractivity contribution is 14.1. The van der Waals surface area contributed by atoms with Gasteiger partial charge in [0.1, 0.15) is 11.9 Å². The Morgan fingerprint density at radius 1 is 1.14 bits per heavy atom. The maximum absolute atomic E-state index is 13.7. The van der Waals surface area contributed by atoms with E-state index in [0.29, 0.717) is 12.4 Å². The standard InChI is InChI=1S/C30H39IN2O9S/c1-19(2)16-33(43(36,37)22-11-9-21(38-3)10-12-22)17-24(34)23(15-20-7-5-4-6-8-20)32-29(35)41-25-18-40-27-26(25)30(31)13-14-39-28(30)42-27/h4-12,19,23-28,34H,13-18H2,1-3H3,(H,32,35)/t23-,24+,25-,26-,27-,28-,30-/m0/s1. The Hall–Kier alpha value is -2.01. The first-order valence-corrected chi connectivity index (χ1v) is 16.9. The van der Waals surface area contributed by atoms with Crippen molar-refractivity contribution in [2.45, 2.75) is 65.8 Å². The van der Waals surface area contributed by atoms with E-state index in [-0.39, 0.29) is 46.3 Å². The summed E-state index contributed by atoms with van der Waals surface area (Å²) in [6, 6.07) is 14.7. The van der Waals surface area contributed by atoms with E-state index >= 15 is 0 Å². The van der Waals surface area contributed by atoms with Gasteiger partial charge in [0.25, 0.3) is 0 Å². The maximum atomic E-state index is 13.7. The number of fused-ring (bicyclic) bond motifs is 3. The van der Waals surface area contributed by atoms with Gasteiger partial charge in [-0.25, -0.2) is 13.2 Å². The van der Waals surface area contributed by atoms with Crippen LogP contribution >= 0.6 is 22.6 Å². The summed E-state index contributed by atoms with van der Waals surface area (Å²) in [4.78, 5) is 13.4. The van der Waals surface area contributed by atoms with Gasteiger partial charge in [-0.1, -0.05) is 66.8 Å². The molecule has 0 spiro atoms. The summed E-state index contributed by atoms with van der Waals surface area (Å²) >= 11 is 2.34. The van der Waals surface area contributed by atoms with Gasteiger partial charge in [-0.2, -0.15) is 4.31 Å². The van der Waals surface area contributed by atoms with Crippen molar-refractivity contribution in [1.82, 2.24) is 9.62 Å². The number of benzene rings is 2. The van der Waals surface area contributed by atoms with Gasteiger partial charge in [0, 0.05) is 13.1 Å². The summed E-state index contributed by atoms with van der Waals surface area (Å²) in [5.41, 5.74) is 0.867. The van der Waals surface area contributed by atoms with Gasteiger partial charge < -0.3 is 34.1 Å². The number of sulfonamides is 1. The number of rotatable bonds is 12. The van der Waals surface area contributed by atoms with Crippen LogP contribution in [0.2, 0.25) is 0 Å². The summed E-state index contributed by atoms with van der Waals surface area (Å²) in [7, 11) is -2.45. The minimum atomic E-state index is -3.96. The number of nitrogens with one attached hydrogen (secondary N) is 1. The van der Waals surface area contributed by atoms with Gasteiger partial charge in [-0.05, 0) is 48.6 Å². The molecular formula is C30H39IN2O9S. The van der Waals surface area contributed by atoms with E-state index in [2.05, 4.69) is 27.9 Å². The number of halogens is 1. The fourth-order valence-electron chi connectivity index (χ4n) is 5.90. The molecular weight excluding hydrogens is 691 g/mol. The zero-order chi connectivity index (χ0) is 30.8. The normalized spacial score (nSPS) is 28.0. The predicted molar refractivity (Wildman–Crippen MR) is 165 cm³/mol. The zero-order valence-electron chi connectivity index (χ0n) is 24.4. The lowest BCUT2D eigenvalue weighted by molar-refractivity contribution is -0.186. The van der Waals surface area contributed by atoms with Crippen LogP contribution < -0.4 is 10.1 Å². The van der Waals surface area contributed by atoms with Gasteiger partial charge >= 0.3 is 6.09 Å². The Balaban J connectivity index is 1.32. The van der Waals surface area contributed by atoms with Gasteiger partial charge in [0.15, 0.2) is 12.6 Å². The second-order valence-corrected chi connectivity index (χ2v) is 15.5. The average Bonchev–Trinajstić information content (AvgIpc) is 3.62. The van der Waals surface area contributed by atoms with Crippen molar-refractivity contribution in [3.05, 3.63) is 60.2 Å². The van der Waals surface area contributed by atoms with Crippen molar-refractivity contribution in [2.24, 2.45) is 11.8 Å². The van der Waals surface area contributed by atoms with Gasteiger partial charge in [0.2, 0.25) is 10.0 Å². The Labute approximate surface area is 266 Å². The minimum absolute atomic E-state index is 0.0151. The van der Waals surface area contributed by atoms with Crippen LogP contribution in [0.25, 0.3) is 0 Å². The number of carbonyl (C=O) groups is 1. The van der Waals surface area contributed by atoms with E-state index < -0.39 is 46.9 Å². The van der Waals surface area contributed by atoms with Gasteiger partial charge in [-0.15, -0.1) is 0 Å². The summed E-state index contributed by atoms with van der Waals surface area (Å²) in [5.74, 6) is 0.325. The van der Waals surface area contributed by atoms with Crippen LogP contribution in [0, 0.1) is 11.8 Å². The van der Waals surface area contributed by atoms with Gasteiger partial charge in [0.05, 0.1) is 46.7 Å². The molecule has 0 saturated carbocycles. The highest BCUT2D eigenvalue weighted by Crippen LogP contribution is 2.54. The third-order valence-electron chi connectivity index (χ3n) is 8.06. The molecule has 3 heterocycles. The van der Waals surface area contributed by atoms with Crippen LogP contribution in [0.3, 0.4) is 0 Å². The fourth-order valence-corrected chi connectivity index (χ4v) is 8.76. The predicted octanol–water partition coefficient (Wildman–Crippen LogP) is 3.33. The largest absolute Gasteiger partial charge is 0.497 e. The lowest BCUT2D eigenvalue weighted by Crippen LogP contribution is -2.52. The van der Waals surface area contributed by atoms with E-state index in [1.165, 1.54) is 23.5 Å². The topological polar surface area (TPSA) is 133 Å². The number of alkyl carbamates (subject to hydrolysis) is 1. The first-order valence-electron chi connectivity index (χ1n) is 14.4. The Kier molecular flexibility index (Phi) is 10.2. The summed E-state index contributed by atoms with van der Waals surface area (Å²) in [6.45, 7) is 4.51. The van der Waals surface area contributed by atoms with Crippen LogP contribution in [-0.4, -0.2) is 91.6 Å². The second kappa shape index (κ2) is 13.5. The molecule has 2 aromatic carbocycles. The summed E-state index contributed by atoms with van der Waals surface area (Å²) < 4.78 is 56.7. The number of nitrogens with zero attached hydrogens (tertiary/aromatic N) is 1. The third-order valence-corrected chi connectivity index (χ3v) is 11.7. The number of alkyl halides is 1. The SMILES string of the molecule is COc1ccc(S(=O)(=O)N(CC(C)C)C[C@@H](O)[C@H](Cc2ccccc2)NC(=O)O[C@H]2CO[C@H]3O[C@@H]4OCC[C@]4(I)[C@H]32)cc1. The number of amides is 1. The molecule has 0 aliphatic carbocycles. The molecule has 43 heavy (non-hydrogen) atoms. The van der Waals surface area contributed by atoms with Crippen LogP contribution in [-0.2, 0) is 35.4 Å². The summed E-state index contributed by atoms with van der Waals surface area (Å²) in [6.07, 6.45) is -2.43. The van der Waals surface area contributed by atoms with Crippen molar-refractivity contribution in [2.75, 3.05) is 33.4 Å².